The molecule has 4 heterocycles. The van der Waals surface area contributed by atoms with Crippen LogP contribution < -0.4 is 4.90 Å². The maximum absolute atomic E-state index is 12.6. The molecule has 120 valence electrons. The third-order valence-electron chi connectivity index (χ3n) is 4.72. The molecule has 2 saturated heterocycles. The highest BCUT2D eigenvalue weighted by Gasteiger charge is 2.48. The highest BCUT2D eigenvalue weighted by atomic mass is 32.1. The monoisotopic (exact) mass is 330 g/mol. The zero-order valence-electron chi connectivity index (χ0n) is 12.9. The van der Waals surface area contributed by atoms with Crippen LogP contribution in [-0.4, -0.2) is 45.1 Å². The van der Waals surface area contributed by atoms with Gasteiger partial charge in [0.05, 0.1) is 30.4 Å². The molecule has 0 spiro atoms. The van der Waals surface area contributed by atoms with Crippen LogP contribution in [0.3, 0.4) is 0 Å². The van der Waals surface area contributed by atoms with Gasteiger partial charge in [-0.1, -0.05) is 0 Å². The van der Waals surface area contributed by atoms with Crippen molar-refractivity contribution in [2.45, 2.75) is 31.3 Å². The molecule has 0 aromatic carbocycles. The fraction of sp³-hybridized carbons (Fsp3) is 0.438. The van der Waals surface area contributed by atoms with Crippen LogP contribution in [-0.2, 0) is 23.1 Å². The molecule has 2 aromatic rings. The Balaban J connectivity index is 1.52. The topological polar surface area (TPSA) is 58.4 Å². The predicted molar refractivity (Wildman–Crippen MR) is 87.2 cm³/mol. The number of anilines is 1. The van der Waals surface area contributed by atoms with E-state index in [2.05, 4.69) is 5.10 Å². The average Bonchev–Trinajstić information content (AvgIpc) is 3.24. The van der Waals surface area contributed by atoms with Gasteiger partial charge in [0.1, 0.15) is 0 Å². The fourth-order valence-corrected chi connectivity index (χ4v) is 4.36. The third kappa shape index (κ3) is 2.45. The molecule has 7 heteroatoms. The molecular formula is C16H18N4O2S. The Morgan fingerprint density at radius 2 is 2.30 bits per heavy atom. The average molecular weight is 330 g/mol. The first-order valence-electron chi connectivity index (χ1n) is 7.75. The van der Waals surface area contributed by atoms with E-state index in [4.69, 9.17) is 0 Å². The smallest absolute Gasteiger partial charge is 0.229 e. The van der Waals surface area contributed by atoms with Gasteiger partial charge in [-0.25, -0.2) is 0 Å². The second-order valence-corrected chi connectivity index (χ2v) is 6.94. The second kappa shape index (κ2) is 5.49. The fourth-order valence-electron chi connectivity index (χ4n) is 3.69. The van der Waals surface area contributed by atoms with Gasteiger partial charge in [0.15, 0.2) is 0 Å². The number of hydrogen-bond donors (Lipinski definition) is 0. The van der Waals surface area contributed by atoms with Crippen molar-refractivity contribution >= 4 is 28.8 Å². The minimum absolute atomic E-state index is 0.00570. The normalized spacial score (nSPS) is 23.6. The lowest BCUT2D eigenvalue weighted by molar-refractivity contribution is -0.131. The minimum Gasteiger partial charge on any atom is -0.337 e. The number of aromatic nitrogens is 2. The highest BCUT2D eigenvalue weighted by Crippen LogP contribution is 2.36. The molecule has 2 atom stereocenters. The maximum atomic E-state index is 12.6. The summed E-state index contributed by atoms with van der Waals surface area (Å²) in [6.07, 6.45) is 5.25. The van der Waals surface area contributed by atoms with E-state index >= 15 is 0 Å². The number of nitrogens with zero attached hydrogens (tertiary/aromatic N) is 4. The summed E-state index contributed by atoms with van der Waals surface area (Å²) in [5.41, 5.74) is 1.88. The molecule has 4 rings (SSSR count). The van der Waals surface area contributed by atoms with Gasteiger partial charge in [-0.3, -0.25) is 14.3 Å². The molecule has 0 aliphatic carbocycles. The van der Waals surface area contributed by atoms with E-state index in [0.29, 0.717) is 12.8 Å². The Bertz CT molecular complexity index is 739. The Kier molecular flexibility index (Phi) is 3.45. The van der Waals surface area contributed by atoms with E-state index in [-0.39, 0.29) is 23.9 Å². The van der Waals surface area contributed by atoms with Crippen LogP contribution in [0, 0.1) is 0 Å². The predicted octanol–water partition coefficient (Wildman–Crippen LogP) is 1.43. The molecule has 2 amide bonds. The zero-order valence-corrected chi connectivity index (χ0v) is 13.7. The first-order chi connectivity index (χ1) is 11.1. The Morgan fingerprint density at radius 3 is 3.00 bits per heavy atom. The highest BCUT2D eigenvalue weighted by molar-refractivity contribution is 7.08. The minimum atomic E-state index is -0.00570. The molecular weight excluding hydrogens is 312 g/mol. The molecule has 2 aromatic heterocycles. The number of hydrogen-bond acceptors (Lipinski definition) is 4. The summed E-state index contributed by atoms with van der Waals surface area (Å²) >= 11 is 1.60. The number of carbonyl (C=O) groups excluding carboxylic acids is 2. The van der Waals surface area contributed by atoms with Crippen LogP contribution in [0.5, 0.6) is 0 Å². The van der Waals surface area contributed by atoms with Gasteiger partial charge in [0.2, 0.25) is 11.8 Å². The Labute approximate surface area is 138 Å². The van der Waals surface area contributed by atoms with Crippen molar-refractivity contribution in [3.8, 4) is 0 Å². The summed E-state index contributed by atoms with van der Waals surface area (Å²) in [4.78, 5) is 28.8. The van der Waals surface area contributed by atoms with Crippen molar-refractivity contribution in [1.29, 1.82) is 0 Å². The number of carbonyl (C=O) groups is 2. The first kappa shape index (κ1) is 14.4. The molecule has 0 saturated carbocycles. The molecule has 2 fully saturated rings. The Hall–Kier alpha value is -2.15. The van der Waals surface area contributed by atoms with Gasteiger partial charge in [-0.15, -0.1) is 0 Å². The standard InChI is InChI=1S/C16H18N4O2S/c1-18-9-12(8-17-18)20-13-2-4-19(14(13)7-16(20)22)15(21)6-11-3-5-23-10-11/h3,5,8-10,13-14H,2,4,6-7H2,1H3/t13-,14+/m1/s1. The van der Waals surface area contributed by atoms with Crippen LogP contribution in [0.2, 0.25) is 0 Å². The first-order valence-corrected chi connectivity index (χ1v) is 8.69. The summed E-state index contributed by atoms with van der Waals surface area (Å²) < 4.78 is 1.70. The summed E-state index contributed by atoms with van der Waals surface area (Å²) in [5.74, 6) is 0.206. The van der Waals surface area contributed by atoms with Crippen LogP contribution in [0.15, 0.2) is 29.2 Å². The van der Waals surface area contributed by atoms with Gasteiger partial charge in [0.25, 0.3) is 0 Å². The largest absolute Gasteiger partial charge is 0.337 e. The van der Waals surface area contributed by atoms with E-state index < -0.39 is 0 Å². The second-order valence-electron chi connectivity index (χ2n) is 6.16. The van der Waals surface area contributed by atoms with Gasteiger partial charge in [-0.05, 0) is 28.8 Å². The molecule has 0 bridgehead atoms. The van der Waals surface area contributed by atoms with Crippen LogP contribution in [0.1, 0.15) is 18.4 Å². The van der Waals surface area contributed by atoms with E-state index in [0.717, 1.165) is 24.2 Å². The van der Waals surface area contributed by atoms with E-state index in [1.165, 1.54) is 0 Å². The SMILES string of the molecule is Cn1cc(N2C(=O)C[C@H]3[C@H]2CCN3C(=O)Cc2ccsc2)cn1. The number of rotatable bonds is 3. The van der Waals surface area contributed by atoms with Crippen LogP contribution in [0.25, 0.3) is 0 Å². The lowest BCUT2D eigenvalue weighted by Gasteiger charge is -2.24. The van der Waals surface area contributed by atoms with E-state index in [9.17, 15) is 9.59 Å². The molecule has 2 aliphatic heterocycles. The van der Waals surface area contributed by atoms with Crippen molar-refractivity contribution in [2.75, 3.05) is 11.4 Å². The van der Waals surface area contributed by atoms with Gasteiger partial charge < -0.3 is 9.80 Å². The van der Waals surface area contributed by atoms with Crippen molar-refractivity contribution in [2.24, 2.45) is 7.05 Å². The number of fused-ring (bicyclic) bond motifs is 1. The van der Waals surface area contributed by atoms with Crippen molar-refractivity contribution in [3.63, 3.8) is 0 Å². The molecule has 2 aliphatic rings. The Morgan fingerprint density at radius 1 is 1.43 bits per heavy atom. The van der Waals surface area contributed by atoms with Crippen molar-refractivity contribution in [1.82, 2.24) is 14.7 Å². The van der Waals surface area contributed by atoms with Gasteiger partial charge in [-0.2, -0.15) is 16.4 Å². The van der Waals surface area contributed by atoms with Gasteiger partial charge in [0, 0.05) is 26.2 Å². The van der Waals surface area contributed by atoms with Crippen molar-refractivity contribution in [3.05, 3.63) is 34.8 Å². The molecule has 0 radical (unpaired) electrons. The van der Waals surface area contributed by atoms with Gasteiger partial charge >= 0.3 is 0 Å². The molecule has 6 nitrogen and oxygen atoms in total. The quantitative estimate of drug-likeness (QED) is 0.855. The van der Waals surface area contributed by atoms with E-state index in [1.54, 1.807) is 22.2 Å². The maximum Gasteiger partial charge on any atom is 0.229 e. The number of thiophene rings is 1. The summed E-state index contributed by atoms with van der Waals surface area (Å²) in [7, 11) is 1.84. The number of likely N-dealkylation sites (tertiary alicyclic amines) is 1. The summed E-state index contributed by atoms with van der Waals surface area (Å²) in [5, 5.41) is 8.15. The van der Waals surface area contributed by atoms with Crippen LogP contribution >= 0.6 is 11.3 Å². The summed E-state index contributed by atoms with van der Waals surface area (Å²) in [6, 6.07) is 2.06. The lowest BCUT2D eigenvalue weighted by atomic mass is 10.1. The zero-order chi connectivity index (χ0) is 16.0. The van der Waals surface area contributed by atoms with Crippen molar-refractivity contribution < 1.29 is 9.59 Å². The molecule has 23 heavy (non-hydrogen) atoms. The summed E-state index contributed by atoms with van der Waals surface area (Å²) in [6.45, 7) is 0.725. The molecule has 0 unspecified atom stereocenters. The molecule has 0 N–H and O–H groups in total. The number of aryl methyl sites for hydroxylation is 1. The van der Waals surface area contributed by atoms with E-state index in [1.807, 2.05) is 39.9 Å². The number of amides is 2. The lowest BCUT2D eigenvalue weighted by Crippen LogP contribution is -2.40. The third-order valence-corrected chi connectivity index (χ3v) is 5.45. The van der Waals surface area contributed by atoms with Crippen LogP contribution in [0.4, 0.5) is 5.69 Å².